The van der Waals surface area contributed by atoms with E-state index in [1.807, 2.05) is 0 Å². The van der Waals surface area contributed by atoms with Crippen molar-refractivity contribution in [1.82, 2.24) is 0 Å². The minimum Gasteiger partial charge on any atom is -0.478 e. The maximum absolute atomic E-state index is 10.2. The van der Waals surface area contributed by atoms with Gasteiger partial charge in [-0.3, -0.25) is 0 Å². The number of hydrogen-bond donors (Lipinski definition) is 1. The van der Waals surface area contributed by atoms with E-state index < -0.39 is 5.97 Å². The van der Waals surface area contributed by atoms with Crippen LogP contribution in [0.2, 0.25) is 0 Å². The molecule has 0 fully saturated rings. The zero-order valence-electron chi connectivity index (χ0n) is 6.67. The van der Waals surface area contributed by atoms with Gasteiger partial charge in [-0.15, -0.1) is 0 Å². The molecule has 0 aliphatic carbocycles. The van der Waals surface area contributed by atoms with Crippen molar-refractivity contribution in [3.05, 3.63) is 18.6 Å². The Hall–Kier alpha value is -0.830. The number of carbonyl (C=O) groups is 1. The van der Waals surface area contributed by atoms with Crippen molar-refractivity contribution >= 4 is 5.97 Å². The third kappa shape index (κ3) is 5.61. The Bertz CT molecular complexity index is 149. The van der Waals surface area contributed by atoms with Gasteiger partial charge in [-0.2, -0.15) is 0 Å². The molecule has 0 aliphatic rings. The molecule has 0 bridgehead atoms. The second kappa shape index (κ2) is 5.92. The van der Waals surface area contributed by atoms with Crippen LogP contribution in [0, 0.1) is 6.92 Å². The summed E-state index contributed by atoms with van der Waals surface area (Å²) in [6.45, 7) is 6.04. The number of hydrogen-bond acceptors (Lipinski definition) is 2. The van der Waals surface area contributed by atoms with Gasteiger partial charge in [-0.05, 0) is 19.4 Å². The van der Waals surface area contributed by atoms with Gasteiger partial charge in [0.05, 0.1) is 6.61 Å². The minimum absolute atomic E-state index is 0.314. The molecule has 1 radical (unpaired) electrons. The standard InChI is InChI=1S/C8H13O3/c1-3-5-11-6-4-7(2)8(9)10/h4H,1,3,5-6H2,2H3,(H,9,10). The molecular weight excluding hydrogens is 144 g/mol. The summed E-state index contributed by atoms with van der Waals surface area (Å²) in [7, 11) is 0. The molecule has 63 valence electrons. The van der Waals surface area contributed by atoms with Crippen molar-refractivity contribution < 1.29 is 14.6 Å². The number of aliphatic carboxylic acids is 1. The highest BCUT2D eigenvalue weighted by Crippen LogP contribution is 1.91. The summed E-state index contributed by atoms with van der Waals surface area (Å²) in [6.07, 6.45) is 2.25. The first-order valence-corrected chi connectivity index (χ1v) is 3.45. The fourth-order valence-corrected chi connectivity index (χ4v) is 0.457. The van der Waals surface area contributed by atoms with Gasteiger partial charge in [-0.25, -0.2) is 4.79 Å². The smallest absolute Gasteiger partial charge is 0.331 e. The van der Waals surface area contributed by atoms with Gasteiger partial charge >= 0.3 is 5.97 Å². The summed E-state index contributed by atoms with van der Waals surface area (Å²) in [6, 6.07) is 0. The first-order chi connectivity index (χ1) is 5.18. The maximum Gasteiger partial charge on any atom is 0.331 e. The highest BCUT2D eigenvalue weighted by Gasteiger charge is 1.96. The molecule has 0 rings (SSSR count). The van der Waals surface area contributed by atoms with Crippen molar-refractivity contribution in [1.29, 1.82) is 0 Å². The highest BCUT2D eigenvalue weighted by molar-refractivity contribution is 5.85. The summed E-state index contributed by atoms with van der Waals surface area (Å²) in [5.41, 5.74) is 0.314. The zero-order valence-corrected chi connectivity index (χ0v) is 6.67. The molecule has 0 saturated heterocycles. The van der Waals surface area contributed by atoms with Gasteiger partial charge < -0.3 is 9.84 Å². The average Bonchev–Trinajstić information content (AvgIpc) is 1.97. The lowest BCUT2D eigenvalue weighted by Gasteiger charge is -1.96. The summed E-state index contributed by atoms with van der Waals surface area (Å²) in [5, 5.41) is 8.40. The summed E-state index contributed by atoms with van der Waals surface area (Å²) in [4.78, 5) is 10.2. The molecule has 0 aromatic heterocycles. The molecular formula is C8H13O3. The van der Waals surface area contributed by atoms with E-state index in [0.29, 0.717) is 25.2 Å². The molecule has 0 spiro atoms. The van der Waals surface area contributed by atoms with E-state index in [-0.39, 0.29) is 0 Å². The van der Waals surface area contributed by atoms with Crippen LogP contribution in [0.5, 0.6) is 0 Å². The van der Waals surface area contributed by atoms with E-state index in [1.54, 1.807) is 0 Å². The molecule has 1 N–H and O–H groups in total. The van der Waals surface area contributed by atoms with Crippen LogP contribution in [0.3, 0.4) is 0 Å². The molecule has 11 heavy (non-hydrogen) atoms. The van der Waals surface area contributed by atoms with E-state index in [0.717, 1.165) is 0 Å². The fourth-order valence-electron chi connectivity index (χ4n) is 0.457. The maximum atomic E-state index is 10.2. The van der Waals surface area contributed by atoms with Crippen molar-refractivity contribution in [3.8, 4) is 0 Å². The second-order valence-corrected chi connectivity index (χ2v) is 2.12. The van der Waals surface area contributed by atoms with Crippen molar-refractivity contribution in [3.63, 3.8) is 0 Å². The zero-order chi connectivity index (χ0) is 8.69. The molecule has 0 aliphatic heterocycles. The third-order valence-electron chi connectivity index (χ3n) is 1.13. The quantitative estimate of drug-likeness (QED) is 0.482. The Balaban J connectivity index is 3.48. The lowest BCUT2D eigenvalue weighted by Crippen LogP contribution is -1.99. The van der Waals surface area contributed by atoms with E-state index >= 15 is 0 Å². The highest BCUT2D eigenvalue weighted by atomic mass is 16.5. The largest absolute Gasteiger partial charge is 0.478 e. The number of carboxylic acids is 1. The summed E-state index contributed by atoms with van der Waals surface area (Å²) >= 11 is 0. The van der Waals surface area contributed by atoms with Crippen molar-refractivity contribution in [2.45, 2.75) is 13.3 Å². The summed E-state index contributed by atoms with van der Waals surface area (Å²) in [5.74, 6) is -0.900. The monoisotopic (exact) mass is 157 g/mol. The Labute approximate surface area is 66.7 Å². The number of rotatable bonds is 5. The second-order valence-electron chi connectivity index (χ2n) is 2.12. The predicted octanol–water partition coefficient (Wildman–Crippen LogP) is 1.26. The third-order valence-corrected chi connectivity index (χ3v) is 1.13. The van der Waals surface area contributed by atoms with Crippen LogP contribution < -0.4 is 0 Å². The Kier molecular flexibility index (Phi) is 5.47. The van der Waals surface area contributed by atoms with Gasteiger partial charge in [0.2, 0.25) is 0 Å². The Morgan fingerprint density at radius 3 is 2.82 bits per heavy atom. The van der Waals surface area contributed by atoms with Crippen LogP contribution in [0.25, 0.3) is 0 Å². The van der Waals surface area contributed by atoms with Crippen LogP contribution in [0.1, 0.15) is 13.3 Å². The fraction of sp³-hybridized carbons (Fsp3) is 0.500. The van der Waals surface area contributed by atoms with Crippen LogP contribution in [0.4, 0.5) is 0 Å². The van der Waals surface area contributed by atoms with Crippen LogP contribution >= 0.6 is 0 Å². The molecule has 0 unspecified atom stereocenters. The van der Waals surface area contributed by atoms with E-state index in [9.17, 15) is 4.79 Å². The molecule has 0 saturated carbocycles. The van der Waals surface area contributed by atoms with Crippen molar-refractivity contribution in [2.24, 2.45) is 0 Å². The lowest BCUT2D eigenvalue weighted by molar-refractivity contribution is -0.132. The van der Waals surface area contributed by atoms with Crippen LogP contribution in [-0.4, -0.2) is 24.3 Å². The molecule has 0 amide bonds. The van der Waals surface area contributed by atoms with Gasteiger partial charge in [0, 0.05) is 12.2 Å². The van der Waals surface area contributed by atoms with Gasteiger partial charge in [0.25, 0.3) is 0 Å². The molecule has 0 heterocycles. The lowest BCUT2D eigenvalue weighted by atomic mass is 10.3. The topological polar surface area (TPSA) is 46.5 Å². The Morgan fingerprint density at radius 1 is 1.73 bits per heavy atom. The van der Waals surface area contributed by atoms with Gasteiger partial charge in [0.1, 0.15) is 0 Å². The Morgan fingerprint density at radius 2 is 2.36 bits per heavy atom. The van der Waals surface area contributed by atoms with Gasteiger partial charge in [0.15, 0.2) is 0 Å². The molecule has 0 atom stereocenters. The SMILES string of the molecule is [CH2]CCOCC=C(C)C(=O)O. The number of ether oxygens (including phenoxy) is 1. The molecule has 3 nitrogen and oxygen atoms in total. The summed E-state index contributed by atoms with van der Waals surface area (Å²) < 4.78 is 5.00. The number of carboxylic acid groups (broad SMARTS) is 1. The first-order valence-electron chi connectivity index (χ1n) is 3.45. The van der Waals surface area contributed by atoms with Gasteiger partial charge in [-0.1, -0.05) is 6.92 Å². The normalized spacial score (nSPS) is 11.6. The predicted molar refractivity (Wildman–Crippen MR) is 42.2 cm³/mol. The van der Waals surface area contributed by atoms with E-state index in [1.165, 1.54) is 13.0 Å². The van der Waals surface area contributed by atoms with E-state index in [4.69, 9.17) is 9.84 Å². The average molecular weight is 157 g/mol. The first kappa shape index (κ1) is 10.2. The minimum atomic E-state index is -0.900. The van der Waals surface area contributed by atoms with E-state index in [2.05, 4.69) is 6.92 Å². The molecule has 0 aromatic rings. The molecule has 3 heteroatoms. The van der Waals surface area contributed by atoms with Crippen LogP contribution in [0.15, 0.2) is 11.6 Å². The van der Waals surface area contributed by atoms with Crippen LogP contribution in [-0.2, 0) is 9.53 Å². The van der Waals surface area contributed by atoms with Crippen molar-refractivity contribution in [2.75, 3.05) is 13.2 Å². The molecule has 0 aromatic carbocycles.